The van der Waals surface area contributed by atoms with Crippen molar-refractivity contribution in [1.82, 2.24) is 25.0 Å². The van der Waals surface area contributed by atoms with Gasteiger partial charge in [0.25, 0.3) is 16.0 Å². The first-order valence-corrected chi connectivity index (χ1v) is 6.40. The molecule has 10 heteroatoms. The van der Waals surface area contributed by atoms with Gasteiger partial charge in [-0.05, 0) is 0 Å². The second kappa shape index (κ2) is 5.06. The molecular weight excluding hydrogens is 260 g/mol. The highest BCUT2D eigenvalue weighted by Gasteiger charge is 2.17. The van der Waals surface area contributed by atoms with Gasteiger partial charge in [-0.3, -0.25) is 4.68 Å². The van der Waals surface area contributed by atoms with Gasteiger partial charge in [-0.1, -0.05) is 0 Å². The number of anilines is 1. The molecule has 18 heavy (non-hydrogen) atoms. The molecule has 9 nitrogen and oxygen atoms in total. The molecule has 0 radical (unpaired) electrons. The third kappa shape index (κ3) is 2.78. The van der Waals surface area contributed by atoms with Crippen molar-refractivity contribution in [3.05, 3.63) is 24.8 Å². The van der Waals surface area contributed by atoms with Crippen LogP contribution in [0.1, 0.15) is 0 Å². The second-order valence-corrected chi connectivity index (χ2v) is 4.92. The van der Waals surface area contributed by atoms with E-state index in [0.717, 1.165) is 0 Å². The van der Waals surface area contributed by atoms with Gasteiger partial charge in [0, 0.05) is 6.20 Å². The largest absolute Gasteiger partial charge is 0.394 e. The molecule has 0 aromatic carbocycles. The van der Waals surface area contributed by atoms with Crippen LogP contribution in [0.4, 0.5) is 5.95 Å². The Morgan fingerprint density at radius 3 is 2.89 bits per heavy atom. The van der Waals surface area contributed by atoms with E-state index in [0.29, 0.717) is 0 Å². The molecule has 0 unspecified atom stereocenters. The van der Waals surface area contributed by atoms with Crippen molar-refractivity contribution < 1.29 is 13.5 Å². The van der Waals surface area contributed by atoms with E-state index in [1.807, 2.05) is 0 Å². The molecule has 0 bridgehead atoms. The first-order chi connectivity index (χ1) is 8.62. The predicted molar refractivity (Wildman–Crippen MR) is 59.9 cm³/mol. The van der Waals surface area contributed by atoms with Crippen molar-refractivity contribution in [3.8, 4) is 0 Å². The van der Waals surface area contributed by atoms with E-state index in [9.17, 15) is 8.42 Å². The zero-order chi connectivity index (χ0) is 13.0. The number of aromatic nitrogens is 5. The maximum atomic E-state index is 11.9. The molecule has 0 atom stereocenters. The number of nitrogens with one attached hydrogen (secondary N) is 1. The minimum absolute atomic E-state index is 0.0385. The van der Waals surface area contributed by atoms with Crippen LogP contribution >= 0.6 is 0 Å². The Bertz CT molecular complexity index is 611. The molecule has 2 aromatic rings. The van der Waals surface area contributed by atoms with Crippen molar-refractivity contribution in [2.75, 3.05) is 11.3 Å². The molecule has 2 aromatic heterocycles. The van der Waals surface area contributed by atoms with Crippen molar-refractivity contribution in [3.63, 3.8) is 0 Å². The minimum Gasteiger partial charge on any atom is -0.394 e. The van der Waals surface area contributed by atoms with Crippen molar-refractivity contribution in [2.45, 2.75) is 11.4 Å². The summed E-state index contributed by atoms with van der Waals surface area (Å²) in [5, 5.41) is 19.5. The van der Waals surface area contributed by atoms with Crippen LogP contribution in [-0.2, 0) is 16.6 Å². The number of hydrogen-bond acceptors (Lipinski definition) is 7. The molecule has 96 valence electrons. The summed E-state index contributed by atoms with van der Waals surface area (Å²) < 4.78 is 27.2. The molecular formula is C8H10N6O3S. The number of rotatable bonds is 5. The van der Waals surface area contributed by atoms with Gasteiger partial charge < -0.3 is 5.11 Å². The highest BCUT2D eigenvalue weighted by molar-refractivity contribution is 7.92. The van der Waals surface area contributed by atoms with Gasteiger partial charge in [-0.2, -0.15) is 10.2 Å². The summed E-state index contributed by atoms with van der Waals surface area (Å²) in [6.45, 7) is 0.0965. The lowest BCUT2D eigenvalue weighted by Crippen LogP contribution is -2.14. The first-order valence-electron chi connectivity index (χ1n) is 4.91. The number of aliphatic hydroxyl groups is 1. The van der Waals surface area contributed by atoms with Crippen LogP contribution in [0.15, 0.2) is 29.7 Å². The standard InChI is InChI=1S/C8H10N6O3S/c15-4-3-14-6-7(5-11-14)18(16,17)13-8-9-1-2-10-12-8/h1-2,5-6,15H,3-4H2,(H,9,12,13). The summed E-state index contributed by atoms with van der Waals surface area (Å²) in [4.78, 5) is 3.66. The molecule has 0 spiro atoms. The van der Waals surface area contributed by atoms with E-state index in [-0.39, 0.29) is 24.0 Å². The lowest BCUT2D eigenvalue weighted by atomic mass is 10.7. The Morgan fingerprint density at radius 2 is 2.22 bits per heavy atom. The summed E-state index contributed by atoms with van der Waals surface area (Å²) in [5.74, 6) is -0.118. The van der Waals surface area contributed by atoms with E-state index in [1.54, 1.807) is 0 Å². The van der Waals surface area contributed by atoms with Crippen LogP contribution in [0.2, 0.25) is 0 Å². The zero-order valence-corrected chi connectivity index (χ0v) is 9.95. The summed E-state index contributed by atoms with van der Waals surface area (Å²) in [5.41, 5.74) is 0. The number of sulfonamides is 1. The minimum atomic E-state index is -3.79. The summed E-state index contributed by atoms with van der Waals surface area (Å²) >= 11 is 0. The second-order valence-electron chi connectivity index (χ2n) is 3.23. The Kier molecular flexibility index (Phi) is 3.48. The highest BCUT2D eigenvalue weighted by atomic mass is 32.2. The van der Waals surface area contributed by atoms with E-state index < -0.39 is 10.0 Å². The molecule has 0 aliphatic heterocycles. The lowest BCUT2D eigenvalue weighted by molar-refractivity contribution is 0.269. The van der Waals surface area contributed by atoms with Crippen LogP contribution in [0.5, 0.6) is 0 Å². The number of aliphatic hydroxyl groups excluding tert-OH is 1. The van der Waals surface area contributed by atoms with Crippen molar-refractivity contribution in [2.24, 2.45) is 0 Å². The Labute approximate surface area is 103 Å². The summed E-state index contributed by atoms with van der Waals surface area (Å²) in [6.07, 6.45) is 5.13. The zero-order valence-electron chi connectivity index (χ0n) is 9.13. The molecule has 0 fully saturated rings. The number of nitrogens with zero attached hydrogens (tertiary/aromatic N) is 5. The fraction of sp³-hybridized carbons (Fsp3) is 0.250. The van der Waals surface area contributed by atoms with Crippen LogP contribution < -0.4 is 4.72 Å². The van der Waals surface area contributed by atoms with Gasteiger partial charge in [0.05, 0.1) is 31.7 Å². The average molecular weight is 270 g/mol. The van der Waals surface area contributed by atoms with E-state index in [2.05, 4.69) is 25.0 Å². The van der Waals surface area contributed by atoms with Crippen molar-refractivity contribution >= 4 is 16.0 Å². The van der Waals surface area contributed by atoms with Crippen LogP contribution in [0.25, 0.3) is 0 Å². The van der Waals surface area contributed by atoms with Crippen molar-refractivity contribution in [1.29, 1.82) is 0 Å². The fourth-order valence-electron chi connectivity index (χ4n) is 1.18. The van der Waals surface area contributed by atoms with Crippen LogP contribution in [0, 0.1) is 0 Å². The Balaban J connectivity index is 2.20. The lowest BCUT2D eigenvalue weighted by Gasteiger charge is -2.02. The topological polar surface area (TPSA) is 123 Å². The summed E-state index contributed by atoms with van der Waals surface area (Å²) in [6, 6.07) is 0. The Hall–Kier alpha value is -2.07. The molecule has 0 aliphatic carbocycles. The molecule has 2 N–H and O–H groups in total. The Morgan fingerprint density at radius 1 is 1.39 bits per heavy atom. The third-order valence-electron chi connectivity index (χ3n) is 1.96. The highest BCUT2D eigenvalue weighted by Crippen LogP contribution is 2.10. The predicted octanol–water partition coefficient (Wildman–Crippen LogP) is -1.14. The SMILES string of the molecule is O=S(=O)(Nc1nccnn1)c1cnn(CCO)c1. The van der Waals surface area contributed by atoms with Crippen LogP contribution in [-0.4, -0.2) is 45.1 Å². The molecule has 0 saturated heterocycles. The third-order valence-corrected chi connectivity index (χ3v) is 3.24. The normalized spacial score (nSPS) is 11.4. The number of hydrogen-bond donors (Lipinski definition) is 2. The molecule has 0 amide bonds. The van der Waals surface area contributed by atoms with Gasteiger partial charge in [0.1, 0.15) is 4.90 Å². The van der Waals surface area contributed by atoms with Gasteiger partial charge in [0.2, 0.25) is 0 Å². The van der Waals surface area contributed by atoms with Gasteiger partial charge in [0.15, 0.2) is 0 Å². The average Bonchev–Trinajstić information content (AvgIpc) is 2.80. The fourth-order valence-corrected chi connectivity index (χ4v) is 2.08. The van der Waals surface area contributed by atoms with E-state index in [1.165, 1.54) is 29.5 Å². The van der Waals surface area contributed by atoms with E-state index >= 15 is 0 Å². The first kappa shape index (κ1) is 12.4. The van der Waals surface area contributed by atoms with Gasteiger partial charge >= 0.3 is 0 Å². The van der Waals surface area contributed by atoms with Gasteiger partial charge in [-0.15, -0.1) is 5.10 Å². The smallest absolute Gasteiger partial charge is 0.267 e. The monoisotopic (exact) mass is 270 g/mol. The molecule has 0 aliphatic rings. The summed E-state index contributed by atoms with van der Waals surface area (Å²) in [7, 11) is -3.79. The molecule has 0 saturated carbocycles. The van der Waals surface area contributed by atoms with E-state index in [4.69, 9.17) is 5.11 Å². The maximum Gasteiger partial charge on any atom is 0.267 e. The maximum absolute atomic E-state index is 11.9. The quantitative estimate of drug-likeness (QED) is 0.704. The van der Waals surface area contributed by atoms with Gasteiger partial charge in [-0.25, -0.2) is 18.1 Å². The van der Waals surface area contributed by atoms with Crippen LogP contribution in [0.3, 0.4) is 0 Å². The molecule has 2 heterocycles. The molecule has 2 rings (SSSR count).